The van der Waals surface area contributed by atoms with Gasteiger partial charge in [0.2, 0.25) is 16.9 Å². The molecule has 4 aromatic heterocycles. The van der Waals surface area contributed by atoms with E-state index in [0.29, 0.717) is 28.9 Å². The first-order valence-corrected chi connectivity index (χ1v) is 8.56. The summed E-state index contributed by atoms with van der Waals surface area (Å²) >= 11 is 5.84. The van der Waals surface area contributed by atoms with Crippen LogP contribution in [-0.2, 0) is 19.1 Å². The number of hydrogen-bond acceptors (Lipinski definition) is 8. The summed E-state index contributed by atoms with van der Waals surface area (Å²) < 4.78 is 14.0. The topological polar surface area (TPSA) is 109 Å². The Morgan fingerprint density at radius 3 is 2.67 bits per heavy atom. The predicted molar refractivity (Wildman–Crippen MR) is 95.3 cm³/mol. The number of aryl methyl sites for hydroxylation is 1. The van der Waals surface area contributed by atoms with Crippen LogP contribution in [0.15, 0.2) is 23.0 Å². The van der Waals surface area contributed by atoms with Crippen molar-refractivity contribution in [3.8, 4) is 17.4 Å². The molecule has 4 heterocycles. The van der Waals surface area contributed by atoms with Gasteiger partial charge in [-0.25, -0.2) is 4.98 Å². The molecule has 0 N–H and O–H groups in total. The van der Waals surface area contributed by atoms with Gasteiger partial charge in [0, 0.05) is 24.7 Å². The van der Waals surface area contributed by atoms with E-state index in [0.717, 1.165) is 5.56 Å². The molecule has 4 aromatic rings. The Balaban J connectivity index is 1.80. The molecule has 0 aliphatic heterocycles. The molecule has 4 rings (SSSR count). The maximum Gasteiger partial charge on any atom is 0.232 e. The third-order valence-corrected chi connectivity index (χ3v) is 4.20. The van der Waals surface area contributed by atoms with Crippen LogP contribution in [0.4, 0.5) is 0 Å². The van der Waals surface area contributed by atoms with Crippen molar-refractivity contribution in [1.82, 2.24) is 39.7 Å². The third-order valence-electron chi connectivity index (χ3n) is 4.02. The third kappa shape index (κ3) is 3.23. The number of ether oxygens (including phenoxy) is 1. The molecule has 0 spiro atoms. The summed E-state index contributed by atoms with van der Waals surface area (Å²) in [6, 6.07) is 3.42. The van der Waals surface area contributed by atoms with Crippen LogP contribution in [0.3, 0.4) is 0 Å². The van der Waals surface area contributed by atoms with Gasteiger partial charge >= 0.3 is 0 Å². The van der Waals surface area contributed by atoms with Crippen LogP contribution in [0, 0.1) is 0 Å². The normalized spacial score (nSPS) is 12.0. The first kappa shape index (κ1) is 17.4. The molecule has 0 aromatic carbocycles. The van der Waals surface area contributed by atoms with E-state index >= 15 is 0 Å². The first-order chi connectivity index (χ1) is 12.8. The van der Waals surface area contributed by atoms with E-state index in [1.165, 1.54) is 6.33 Å². The van der Waals surface area contributed by atoms with E-state index in [4.69, 9.17) is 20.9 Å². The summed E-state index contributed by atoms with van der Waals surface area (Å²) in [7, 11) is 1.80. The highest BCUT2D eigenvalue weighted by Gasteiger charge is 2.24. The Hall–Kier alpha value is -3.01. The highest BCUT2D eigenvalue weighted by atomic mass is 35.5. The molecule has 0 aliphatic carbocycles. The summed E-state index contributed by atoms with van der Waals surface area (Å²) in [6.45, 7) is 6.47. The lowest BCUT2D eigenvalue weighted by Crippen LogP contribution is -2.15. The minimum absolute atomic E-state index is 0.160. The summed E-state index contributed by atoms with van der Waals surface area (Å²) in [5.74, 6) is 1.50. The lowest BCUT2D eigenvalue weighted by molar-refractivity contribution is 0.273. The second kappa shape index (κ2) is 6.31. The van der Waals surface area contributed by atoms with E-state index in [2.05, 4.69) is 51.3 Å². The second-order valence-electron chi connectivity index (χ2n) is 7.01. The van der Waals surface area contributed by atoms with Crippen molar-refractivity contribution in [3.05, 3.63) is 35.1 Å². The molecule has 0 atom stereocenters. The Bertz CT molecular complexity index is 1110. The zero-order valence-electron chi connectivity index (χ0n) is 15.2. The Morgan fingerprint density at radius 1 is 1.22 bits per heavy atom. The van der Waals surface area contributed by atoms with Gasteiger partial charge < -0.3 is 9.26 Å². The van der Waals surface area contributed by atoms with Crippen LogP contribution in [0.2, 0.25) is 5.22 Å². The molecule has 0 saturated carbocycles. The number of fused-ring (bicyclic) bond motifs is 1. The number of hydrogen-bond donors (Lipinski definition) is 0. The van der Waals surface area contributed by atoms with Crippen LogP contribution < -0.4 is 4.74 Å². The Morgan fingerprint density at radius 2 is 2.04 bits per heavy atom. The summed E-state index contributed by atoms with van der Waals surface area (Å²) in [5.41, 5.74) is 1.77. The summed E-state index contributed by atoms with van der Waals surface area (Å²) in [4.78, 5) is 4.15. The van der Waals surface area contributed by atoms with Crippen LogP contribution >= 0.6 is 11.6 Å². The fraction of sp³-hybridized carbons (Fsp3) is 0.375. The van der Waals surface area contributed by atoms with E-state index in [1.54, 1.807) is 22.3 Å². The van der Waals surface area contributed by atoms with Gasteiger partial charge in [0.1, 0.15) is 12.9 Å². The maximum absolute atomic E-state index is 5.86. The lowest BCUT2D eigenvalue weighted by atomic mass is 9.88. The number of nitrogens with zero attached hydrogens (tertiary/aromatic N) is 8. The van der Waals surface area contributed by atoms with Crippen molar-refractivity contribution in [2.24, 2.45) is 7.05 Å². The van der Waals surface area contributed by atoms with Crippen LogP contribution in [0.25, 0.3) is 17.2 Å². The molecular weight excluding hydrogens is 372 g/mol. The van der Waals surface area contributed by atoms with E-state index < -0.39 is 0 Å². The predicted octanol–water partition coefficient (Wildman–Crippen LogP) is 2.44. The van der Waals surface area contributed by atoms with Gasteiger partial charge in [-0.2, -0.15) is 9.61 Å². The van der Waals surface area contributed by atoms with Crippen molar-refractivity contribution >= 4 is 17.2 Å². The van der Waals surface area contributed by atoms with Crippen LogP contribution in [0.1, 0.15) is 32.2 Å². The lowest BCUT2D eigenvalue weighted by Gasteiger charge is -2.20. The SMILES string of the molecule is Cn1ncnc1COc1cc(C(C)(C)C)c2nnc(-c3cc(Cl)on3)n2n1. The molecule has 0 bridgehead atoms. The van der Waals surface area contributed by atoms with Gasteiger partial charge in [0.25, 0.3) is 0 Å². The van der Waals surface area contributed by atoms with E-state index in [9.17, 15) is 0 Å². The first-order valence-electron chi connectivity index (χ1n) is 8.18. The zero-order valence-corrected chi connectivity index (χ0v) is 16.0. The number of aromatic nitrogens is 8. The molecule has 0 aliphatic rings. The number of rotatable bonds is 4. The average Bonchev–Trinajstić information content (AvgIpc) is 3.31. The average molecular weight is 389 g/mol. The highest BCUT2D eigenvalue weighted by molar-refractivity contribution is 6.29. The number of halogens is 1. The fourth-order valence-electron chi connectivity index (χ4n) is 2.59. The van der Waals surface area contributed by atoms with Gasteiger partial charge in [-0.1, -0.05) is 25.9 Å². The quantitative estimate of drug-likeness (QED) is 0.524. The molecule has 0 fully saturated rings. The van der Waals surface area contributed by atoms with Gasteiger partial charge in [0.15, 0.2) is 17.2 Å². The Kier molecular flexibility index (Phi) is 4.06. The molecule has 10 nitrogen and oxygen atoms in total. The fourth-order valence-corrected chi connectivity index (χ4v) is 2.73. The Labute approximate surface area is 159 Å². The van der Waals surface area contributed by atoms with Crippen LogP contribution in [0.5, 0.6) is 5.88 Å². The molecule has 0 radical (unpaired) electrons. The molecule has 0 amide bonds. The smallest absolute Gasteiger partial charge is 0.232 e. The maximum atomic E-state index is 5.86. The highest BCUT2D eigenvalue weighted by Crippen LogP contribution is 2.30. The molecule has 11 heteroatoms. The molecular formula is C16H17ClN8O2. The standard InChI is InChI=1S/C16H17ClN8O2/c1-16(2,3)9-5-13(26-7-12-18-8-19-24(12)4)22-25-14(9)20-21-15(25)10-6-11(17)27-23-10/h5-6,8H,7H2,1-4H3. The largest absolute Gasteiger partial charge is 0.468 e. The van der Waals surface area contributed by atoms with Crippen LogP contribution in [-0.4, -0.2) is 39.7 Å². The second-order valence-corrected chi connectivity index (χ2v) is 7.38. The van der Waals surface area contributed by atoms with Crippen molar-refractivity contribution in [2.75, 3.05) is 0 Å². The van der Waals surface area contributed by atoms with Gasteiger partial charge in [-0.3, -0.25) is 4.68 Å². The van der Waals surface area contributed by atoms with Crippen molar-refractivity contribution < 1.29 is 9.26 Å². The van der Waals surface area contributed by atoms with Gasteiger partial charge in [-0.15, -0.1) is 15.3 Å². The summed E-state index contributed by atoms with van der Waals surface area (Å²) in [5, 5.41) is 21.1. The molecule has 0 saturated heterocycles. The van der Waals surface area contributed by atoms with E-state index in [1.807, 2.05) is 6.07 Å². The van der Waals surface area contributed by atoms with Gasteiger partial charge in [-0.05, 0) is 17.0 Å². The van der Waals surface area contributed by atoms with Crippen molar-refractivity contribution in [3.63, 3.8) is 0 Å². The van der Waals surface area contributed by atoms with Crippen molar-refractivity contribution in [1.29, 1.82) is 0 Å². The molecule has 27 heavy (non-hydrogen) atoms. The monoisotopic (exact) mass is 388 g/mol. The summed E-state index contributed by atoms with van der Waals surface area (Å²) in [6.07, 6.45) is 1.47. The van der Waals surface area contributed by atoms with Gasteiger partial charge in [0.05, 0.1) is 0 Å². The minimum Gasteiger partial charge on any atom is -0.468 e. The van der Waals surface area contributed by atoms with E-state index in [-0.39, 0.29) is 17.2 Å². The molecule has 0 unspecified atom stereocenters. The van der Waals surface area contributed by atoms with Crippen molar-refractivity contribution in [2.45, 2.75) is 32.8 Å². The molecule has 140 valence electrons. The zero-order chi connectivity index (χ0) is 19.2. The minimum atomic E-state index is -0.209.